The van der Waals surface area contributed by atoms with Crippen LogP contribution in [-0.2, 0) is 17.6 Å². The van der Waals surface area contributed by atoms with Gasteiger partial charge >= 0.3 is 5.56 Å². The summed E-state index contributed by atoms with van der Waals surface area (Å²) in [6, 6.07) is 16.2. The van der Waals surface area contributed by atoms with Crippen molar-refractivity contribution in [1.29, 1.82) is 0 Å². The summed E-state index contributed by atoms with van der Waals surface area (Å²) >= 11 is 0. The Kier molecular flexibility index (Phi) is 6.70. The lowest BCUT2D eigenvalue weighted by Crippen LogP contribution is -2.38. The lowest BCUT2D eigenvalue weighted by atomic mass is 9.90. The molecule has 0 saturated carbocycles. The molecule has 7 nitrogen and oxygen atoms in total. The summed E-state index contributed by atoms with van der Waals surface area (Å²) in [5.74, 6) is 1.09. The Labute approximate surface area is 202 Å². The summed E-state index contributed by atoms with van der Waals surface area (Å²) in [6.07, 6.45) is 8.15. The number of halogens is 1. The first-order chi connectivity index (χ1) is 17.1. The summed E-state index contributed by atoms with van der Waals surface area (Å²) in [4.78, 5) is 27.6. The van der Waals surface area contributed by atoms with E-state index in [1.54, 1.807) is 28.9 Å². The topological polar surface area (TPSA) is 72.5 Å². The molecule has 4 aromatic rings. The molecule has 5 rings (SSSR count). The van der Waals surface area contributed by atoms with Crippen LogP contribution in [0.3, 0.4) is 0 Å². The van der Waals surface area contributed by atoms with Crippen molar-refractivity contribution in [1.82, 2.24) is 24.1 Å². The van der Waals surface area contributed by atoms with Crippen molar-refractivity contribution < 1.29 is 9.18 Å². The van der Waals surface area contributed by atoms with Crippen molar-refractivity contribution in [2.24, 2.45) is 5.92 Å². The molecule has 0 radical (unpaired) electrons. The number of piperidine rings is 1. The second-order valence-electron chi connectivity index (χ2n) is 9.13. The van der Waals surface area contributed by atoms with Crippen molar-refractivity contribution >= 4 is 11.6 Å². The van der Waals surface area contributed by atoms with Gasteiger partial charge in [-0.3, -0.25) is 18.6 Å². The molecule has 1 aliphatic rings. The molecule has 3 heterocycles. The third kappa shape index (κ3) is 5.16. The molecule has 1 aliphatic heterocycles. The van der Waals surface area contributed by atoms with E-state index in [0.29, 0.717) is 36.7 Å². The molecule has 180 valence electrons. The van der Waals surface area contributed by atoms with Gasteiger partial charge in [0.1, 0.15) is 11.6 Å². The van der Waals surface area contributed by atoms with Crippen LogP contribution in [0.4, 0.5) is 4.39 Å². The van der Waals surface area contributed by atoms with Gasteiger partial charge in [-0.15, -0.1) is 10.2 Å². The molecular formula is C27H28FN5O2. The zero-order valence-electron chi connectivity index (χ0n) is 19.5. The molecule has 0 spiro atoms. The van der Waals surface area contributed by atoms with Gasteiger partial charge < -0.3 is 4.90 Å². The van der Waals surface area contributed by atoms with Crippen molar-refractivity contribution in [3.8, 4) is 5.69 Å². The summed E-state index contributed by atoms with van der Waals surface area (Å²) < 4.78 is 16.3. The highest BCUT2D eigenvalue weighted by molar-refractivity contribution is 5.76. The Morgan fingerprint density at radius 3 is 2.46 bits per heavy atom. The van der Waals surface area contributed by atoms with Crippen LogP contribution in [0.5, 0.6) is 0 Å². The van der Waals surface area contributed by atoms with Crippen LogP contribution in [0.1, 0.15) is 37.1 Å². The van der Waals surface area contributed by atoms with Crippen LogP contribution < -0.4 is 5.56 Å². The fourth-order valence-corrected chi connectivity index (χ4v) is 4.80. The van der Waals surface area contributed by atoms with E-state index in [1.165, 1.54) is 22.3 Å². The maximum Gasteiger partial charge on any atom is 0.300 e. The first-order valence-corrected chi connectivity index (χ1v) is 12.1. The molecule has 0 bridgehead atoms. The highest BCUT2D eigenvalue weighted by Crippen LogP contribution is 2.22. The van der Waals surface area contributed by atoms with Crippen LogP contribution in [0.2, 0.25) is 0 Å². The minimum atomic E-state index is -0.362. The Hall–Kier alpha value is -3.81. The summed E-state index contributed by atoms with van der Waals surface area (Å²) in [5.41, 5.74) is 1.80. The fraction of sp³-hybridized carbons (Fsp3) is 0.333. The number of fused-ring (bicyclic) bond motifs is 1. The SMILES string of the molecule is O=C(CCCc1nnc2c(=O)n(-c3ccc(F)cc3)ccn12)N1CCC(Cc2ccccc2)CC1. The zero-order chi connectivity index (χ0) is 24.2. The van der Waals surface area contributed by atoms with Crippen LogP contribution in [-0.4, -0.2) is 43.1 Å². The molecule has 0 N–H and O–H groups in total. The average Bonchev–Trinajstić information content (AvgIpc) is 3.30. The number of carbonyl (C=O) groups is 1. The normalized spacial score (nSPS) is 14.5. The highest BCUT2D eigenvalue weighted by atomic mass is 19.1. The molecule has 8 heteroatoms. The van der Waals surface area contributed by atoms with Gasteiger partial charge in [0.2, 0.25) is 11.6 Å². The number of nitrogens with zero attached hydrogens (tertiary/aromatic N) is 5. The molecule has 0 atom stereocenters. The van der Waals surface area contributed by atoms with Gasteiger partial charge in [0.05, 0.1) is 0 Å². The predicted octanol–water partition coefficient (Wildman–Crippen LogP) is 3.82. The number of aromatic nitrogens is 4. The smallest absolute Gasteiger partial charge is 0.300 e. The van der Waals surface area contributed by atoms with Crippen molar-refractivity contribution in [3.05, 3.63) is 94.5 Å². The van der Waals surface area contributed by atoms with Crippen LogP contribution in [0.25, 0.3) is 11.3 Å². The number of rotatable bonds is 7. The molecule has 0 aliphatic carbocycles. The minimum absolute atomic E-state index is 0.177. The lowest BCUT2D eigenvalue weighted by molar-refractivity contribution is -0.132. The molecular weight excluding hydrogens is 445 g/mol. The Bertz CT molecular complexity index is 1360. The molecule has 1 saturated heterocycles. The van der Waals surface area contributed by atoms with Crippen LogP contribution in [0.15, 0.2) is 71.8 Å². The van der Waals surface area contributed by atoms with E-state index in [9.17, 15) is 14.0 Å². The Morgan fingerprint density at radius 1 is 0.971 bits per heavy atom. The van der Waals surface area contributed by atoms with E-state index >= 15 is 0 Å². The molecule has 35 heavy (non-hydrogen) atoms. The van der Waals surface area contributed by atoms with Crippen molar-refractivity contribution in [2.45, 2.75) is 38.5 Å². The quantitative estimate of drug-likeness (QED) is 0.409. The molecule has 0 unspecified atom stereocenters. The van der Waals surface area contributed by atoms with E-state index in [2.05, 4.69) is 34.5 Å². The van der Waals surface area contributed by atoms with Gasteiger partial charge in [-0.25, -0.2) is 4.39 Å². The maximum absolute atomic E-state index is 13.2. The Morgan fingerprint density at radius 2 is 1.71 bits per heavy atom. The monoisotopic (exact) mass is 473 g/mol. The average molecular weight is 474 g/mol. The largest absolute Gasteiger partial charge is 0.343 e. The number of aryl methyl sites for hydroxylation is 1. The third-order valence-electron chi connectivity index (χ3n) is 6.77. The van der Waals surface area contributed by atoms with Crippen molar-refractivity contribution in [2.75, 3.05) is 13.1 Å². The molecule has 1 amide bonds. The first-order valence-electron chi connectivity index (χ1n) is 12.1. The fourth-order valence-electron chi connectivity index (χ4n) is 4.80. The van der Waals surface area contributed by atoms with E-state index in [-0.39, 0.29) is 22.9 Å². The standard InChI is InChI=1S/C27H28FN5O2/c28-22-9-11-23(12-10-22)32-17-18-33-24(29-30-26(33)27(32)35)7-4-8-25(34)31-15-13-21(14-16-31)19-20-5-2-1-3-6-20/h1-3,5-6,9-12,17-18,21H,4,7-8,13-16,19H2. The summed E-state index contributed by atoms with van der Waals surface area (Å²) in [5, 5.41) is 8.24. The van der Waals surface area contributed by atoms with Gasteiger partial charge in [-0.1, -0.05) is 30.3 Å². The van der Waals surface area contributed by atoms with Gasteiger partial charge in [-0.2, -0.15) is 0 Å². The number of amides is 1. The number of hydrogen-bond acceptors (Lipinski definition) is 4. The molecule has 2 aromatic carbocycles. The molecule has 2 aromatic heterocycles. The predicted molar refractivity (Wildman–Crippen MR) is 131 cm³/mol. The summed E-state index contributed by atoms with van der Waals surface area (Å²) in [6.45, 7) is 1.63. The van der Waals surface area contributed by atoms with Gasteiger partial charge in [0.15, 0.2) is 0 Å². The van der Waals surface area contributed by atoms with Crippen LogP contribution >= 0.6 is 0 Å². The van der Waals surface area contributed by atoms with E-state index in [1.807, 2.05) is 11.0 Å². The zero-order valence-corrected chi connectivity index (χ0v) is 19.5. The molecule has 1 fully saturated rings. The number of likely N-dealkylation sites (tertiary alicyclic amines) is 1. The van der Waals surface area contributed by atoms with E-state index in [0.717, 1.165) is 32.4 Å². The highest BCUT2D eigenvalue weighted by Gasteiger charge is 2.23. The van der Waals surface area contributed by atoms with Gasteiger partial charge in [0.25, 0.3) is 0 Å². The number of hydrogen-bond donors (Lipinski definition) is 0. The summed E-state index contributed by atoms with van der Waals surface area (Å²) in [7, 11) is 0. The maximum atomic E-state index is 13.2. The second-order valence-corrected chi connectivity index (χ2v) is 9.13. The van der Waals surface area contributed by atoms with E-state index in [4.69, 9.17) is 0 Å². The van der Waals surface area contributed by atoms with Gasteiger partial charge in [0, 0.05) is 44.0 Å². The number of benzene rings is 2. The second kappa shape index (κ2) is 10.2. The van der Waals surface area contributed by atoms with Crippen LogP contribution in [0, 0.1) is 11.7 Å². The first kappa shape index (κ1) is 23.0. The minimum Gasteiger partial charge on any atom is -0.343 e. The Balaban J connectivity index is 1.14. The lowest BCUT2D eigenvalue weighted by Gasteiger charge is -2.32. The third-order valence-corrected chi connectivity index (χ3v) is 6.77. The number of carbonyl (C=O) groups excluding carboxylic acids is 1. The van der Waals surface area contributed by atoms with Crippen molar-refractivity contribution in [3.63, 3.8) is 0 Å². The van der Waals surface area contributed by atoms with E-state index < -0.39 is 0 Å². The van der Waals surface area contributed by atoms with Gasteiger partial charge in [-0.05, 0) is 61.4 Å².